The van der Waals surface area contributed by atoms with Gasteiger partial charge < -0.3 is 10.0 Å². The third kappa shape index (κ3) is 1.14. The van der Waals surface area contributed by atoms with Gasteiger partial charge >= 0.3 is 0 Å². The number of aliphatic hydroxyl groups is 1. The van der Waals surface area contributed by atoms with Crippen molar-refractivity contribution in [3.05, 3.63) is 0 Å². The van der Waals surface area contributed by atoms with Crippen LogP contribution in [0.3, 0.4) is 0 Å². The van der Waals surface area contributed by atoms with Crippen molar-refractivity contribution in [2.45, 2.75) is 31.9 Å². The molecular formula is C7H13NO2. The highest BCUT2D eigenvalue weighted by Gasteiger charge is 2.37. The van der Waals surface area contributed by atoms with Gasteiger partial charge in [0.05, 0.1) is 11.6 Å². The summed E-state index contributed by atoms with van der Waals surface area (Å²) < 4.78 is 0. The van der Waals surface area contributed by atoms with Crippen molar-refractivity contribution >= 4 is 6.41 Å². The summed E-state index contributed by atoms with van der Waals surface area (Å²) in [4.78, 5) is 11.9. The highest BCUT2D eigenvalue weighted by Crippen LogP contribution is 2.25. The largest absolute Gasteiger partial charge is 0.388 e. The highest BCUT2D eigenvalue weighted by atomic mass is 16.3. The van der Waals surface area contributed by atoms with Gasteiger partial charge in [-0.05, 0) is 20.3 Å². The van der Waals surface area contributed by atoms with E-state index in [9.17, 15) is 9.90 Å². The monoisotopic (exact) mass is 143 g/mol. The molecule has 0 saturated carbocycles. The molecule has 1 amide bonds. The number of carbonyl (C=O) groups excluding carboxylic acids is 1. The summed E-state index contributed by atoms with van der Waals surface area (Å²) in [7, 11) is 0. The summed E-state index contributed by atoms with van der Waals surface area (Å²) in [5, 5.41) is 9.44. The van der Waals surface area contributed by atoms with E-state index in [0.29, 0.717) is 0 Å². The first kappa shape index (κ1) is 7.54. The minimum atomic E-state index is -0.737. The van der Waals surface area contributed by atoms with Gasteiger partial charge in [-0.15, -0.1) is 0 Å². The van der Waals surface area contributed by atoms with E-state index in [1.54, 1.807) is 18.7 Å². The van der Waals surface area contributed by atoms with Gasteiger partial charge in [0.1, 0.15) is 0 Å². The predicted octanol–water partition coefficient (Wildman–Crippen LogP) is -0.0120. The molecule has 1 heterocycles. The molecule has 3 nitrogen and oxygen atoms in total. The van der Waals surface area contributed by atoms with Gasteiger partial charge in [0.15, 0.2) is 0 Å². The Bertz CT molecular complexity index is 139. The fraction of sp³-hybridized carbons (Fsp3) is 0.857. The lowest BCUT2D eigenvalue weighted by atomic mass is 9.89. The van der Waals surface area contributed by atoms with Crippen LogP contribution in [0.5, 0.6) is 0 Å². The molecule has 0 radical (unpaired) electrons. The van der Waals surface area contributed by atoms with E-state index in [1.807, 2.05) is 0 Å². The lowest BCUT2D eigenvalue weighted by Crippen LogP contribution is -2.57. The van der Waals surface area contributed by atoms with E-state index in [-0.39, 0.29) is 6.04 Å². The molecule has 1 atom stereocenters. The minimum absolute atomic E-state index is 0.0324. The quantitative estimate of drug-likeness (QED) is 0.552. The van der Waals surface area contributed by atoms with Crippen LogP contribution in [-0.4, -0.2) is 34.6 Å². The summed E-state index contributed by atoms with van der Waals surface area (Å²) in [5.74, 6) is 0. The second-order valence-electron chi connectivity index (χ2n) is 3.30. The molecular weight excluding hydrogens is 130 g/mol. The van der Waals surface area contributed by atoms with Gasteiger partial charge in [0, 0.05) is 6.54 Å². The second-order valence-corrected chi connectivity index (χ2v) is 3.30. The molecule has 1 aliphatic rings. The van der Waals surface area contributed by atoms with Crippen LogP contribution in [-0.2, 0) is 4.79 Å². The zero-order valence-electron chi connectivity index (χ0n) is 6.37. The van der Waals surface area contributed by atoms with Crippen molar-refractivity contribution < 1.29 is 9.90 Å². The Morgan fingerprint density at radius 2 is 2.30 bits per heavy atom. The molecule has 0 aromatic rings. The molecule has 0 aromatic heterocycles. The number of carbonyl (C=O) groups is 1. The van der Waals surface area contributed by atoms with E-state index < -0.39 is 5.60 Å². The third-order valence-corrected chi connectivity index (χ3v) is 2.01. The summed E-state index contributed by atoms with van der Waals surface area (Å²) in [6.45, 7) is 4.25. The van der Waals surface area contributed by atoms with Gasteiger partial charge in [-0.2, -0.15) is 0 Å². The van der Waals surface area contributed by atoms with Gasteiger partial charge in [0.25, 0.3) is 0 Å². The first-order chi connectivity index (χ1) is 4.55. The first-order valence-corrected chi connectivity index (χ1v) is 3.49. The summed E-state index contributed by atoms with van der Waals surface area (Å²) >= 11 is 0. The van der Waals surface area contributed by atoms with Crippen LogP contribution in [0, 0.1) is 0 Å². The van der Waals surface area contributed by atoms with Crippen LogP contribution in [0.1, 0.15) is 20.3 Å². The molecule has 0 bridgehead atoms. The van der Waals surface area contributed by atoms with Crippen molar-refractivity contribution in [3.63, 3.8) is 0 Å². The van der Waals surface area contributed by atoms with Crippen LogP contribution in [0.4, 0.5) is 0 Å². The molecule has 1 rings (SSSR count). The molecule has 3 heteroatoms. The molecule has 58 valence electrons. The Kier molecular flexibility index (Phi) is 1.68. The van der Waals surface area contributed by atoms with E-state index in [2.05, 4.69) is 0 Å². The average Bonchev–Trinajstić information content (AvgIpc) is 1.57. The molecule has 1 aliphatic heterocycles. The topological polar surface area (TPSA) is 40.5 Å². The molecule has 0 spiro atoms. The number of hydrogen-bond acceptors (Lipinski definition) is 2. The molecule has 0 aliphatic carbocycles. The van der Waals surface area contributed by atoms with Crippen molar-refractivity contribution in [2.24, 2.45) is 0 Å². The average molecular weight is 143 g/mol. The van der Waals surface area contributed by atoms with Crippen molar-refractivity contribution in [3.8, 4) is 0 Å². The maximum atomic E-state index is 10.3. The van der Waals surface area contributed by atoms with Crippen LogP contribution < -0.4 is 0 Å². The van der Waals surface area contributed by atoms with Gasteiger partial charge in [-0.1, -0.05) is 0 Å². The molecule has 1 fully saturated rings. The number of amides is 1. The Morgan fingerprint density at radius 1 is 1.70 bits per heavy atom. The van der Waals surface area contributed by atoms with E-state index >= 15 is 0 Å². The van der Waals surface area contributed by atoms with Crippen molar-refractivity contribution in [2.75, 3.05) is 6.54 Å². The van der Waals surface area contributed by atoms with Crippen LogP contribution in [0.25, 0.3) is 0 Å². The first-order valence-electron chi connectivity index (χ1n) is 3.49. The molecule has 1 saturated heterocycles. The van der Waals surface area contributed by atoms with E-state index in [1.165, 1.54) is 0 Å². The Morgan fingerprint density at radius 3 is 2.40 bits per heavy atom. The number of hydrogen-bond donors (Lipinski definition) is 1. The van der Waals surface area contributed by atoms with Gasteiger partial charge in [-0.25, -0.2) is 0 Å². The van der Waals surface area contributed by atoms with Crippen LogP contribution in [0.15, 0.2) is 0 Å². The van der Waals surface area contributed by atoms with Crippen LogP contribution >= 0.6 is 0 Å². The Balaban J connectivity index is 2.50. The van der Waals surface area contributed by atoms with E-state index in [0.717, 1.165) is 19.4 Å². The zero-order valence-corrected chi connectivity index (χ0v) is 6.37. The second kappa shape index (κ2) is 2.23. The van der Waals surface area contributed by atoms with Crippen molar-refractivity contribution in [1.29, 1.82) is 0 Å². The fourth-order valence-corrected chi connectivity index (χ4v) is 1.29. The summed E-state index contributed by atoms with van der Waals surface area (Å²) in [6, 6.07) is 0.0324. The lowest BCUT2D eigenvalue weighted by Gasteiger charge is -2.45. The van der Waals surface area contributed by atoms with Crippen LogP contribution in [0.2, 0.25) is 0 Å². The maximum Gasteiger partial charge on any atom is 0.210 e. The highest BCUT2D eigenvalue weighted by molar-refractivity contribution is 5.49. The minimum Gasteiger partial charge on any atom is -0.388 e. The van der Waals surface area contributed by atoms with Gasteiger partial charge in [-0.3, -0.25) is 4.79 Å². The molecule has 10 heavy (non-hydrogen) atoms. The molecule has 1 N–H and O–H groups in total. The standard InChI is InChI=1S/C7H13NO2/c1-7(2,10)6-3-4-8(6)5-9/h5-6,10H,3-4H2,1-2H3/t6-/m1/s1. The number of likely N-dealkylation sites (tertiary alicyclic amines) is 1. The predicted molar refractivity (Wildman–Crippen MR) is 37.5 cm³/mol. The van der Waals surface area contributed by atoms with E-state index in [4.69, 9.17) is 0 Å². The SMILES string of the molecule is CC(C)(O)[C@H]1CCN1C=O. The zero-order chi connectivity index (χ0) is 7.78. The summed E-state index contributed by atoms with van der Waals surface area (Å²) in [6.07, 6.45) is 1.72. The molecule has 0 unspecified atom stereocenters. The maximum absolute atomic E-state index is 10.3. The normalized spacial score (nSPS) is 25.9. The third-order valence-electron chi connectivity index (χ3n) is 2.01. The van der Waals surface area contributed by atoms with Gasteiger partial charge in [0.2, 0.25) is 6.41 Å². The smallest absolute Gasteiger partial charge is 0.210 e. The fourth-order valence-electron chi connectivity index (χ4n) is 1.29. The Labute approximate surface area is 60.6 Å². The summed E-state index contributed by atoms with van der Waals surface area (Å²) in [5.41, 5.74) is -0.737. The number of rotatable bonds is 2. The Hall–Kier alpha value is -0.570. The molecule has 0 aromatic carbocycles. The lowest BCUT2D eigenvalue weighted by molar-refractivity contribution is -0.135. The number of nitrogens with zero attached hydrogens (tertiary/aromatic N) is 1. The van der Waals surface area contributed by atoms with Crippen molar-refractivity contribution in [1.82, 2.24) is 4.90 Å².